The number of hydrogen-bond acceptors (Lipinski definition) is 7. The van der Waals surface area contributed by atoms with Crippen LogP contribution in [-0.2, 0) is 6.54 Å². The molecule has 8 heteroatoms. The van der Waals surface area contributed by atoms with E-state index in [1.165, 1.54) is 0 Å². The number of aromatic nitrogens is 6. The molecule has 0 aliphatic carbocycles. The highest BCUT2D eigenvalue weighted by Gasteiger charge is 2.07. The fourth-order valence-electron chi connectivity index (χ4n) is 2.18. The standard InChI is InChI=1S/C15H13N7S/c1-10-17-18-13-8-7-12(21-22(10)13)16-9-14-19-20-15(23-14)11-5-3-2-4-6-11/h2-8H,9H2,1H3,(H,16,21). The van der Waals surface area contributed by atoms with Gasteiger partial charge in [0.25, 0.3) is 0 Å². The van der Waals surface area contributed by atoms with Crippen molar-refractivity contribution < 1.29 is 0 Å². The van der Waals surface area contributed by atoms with Gasteiger partial charge in [-0.2, -0.15) is 4.52 Å². The van der Waals surface area contributed by atoms with Gasteiger partial charge in [-0.3, -0.25) is 0 Å². The molecular formula is C15H13N7S. The summed E-state index contributed by atoms with van der Waals surface area (Å²) in [6.45, 7) is 2.44. The Kier molecular flexibility index (Phi) is 3.43. The van der Waals surface area contributed by atoms with Crippen LogP contribution >= 0.6 is 11.3 Å². The second kappa shape index (κ2) is 5.73. The average Bonchev–Trinajstić information content (AvgIpc) is 3.21. The highest BCUT2D eigenvalue weighted by molar-refractivity contribution is 7.14. The Morgan fingerprint density at radius 3 is 2.74 bits per heavy atom. The normalized spacial score (nSPS) is 11.0. The van der Waals surface area contributed by atoms with Crippen molar-refractivity contribution in [1.82, 2.24) is 30.0 Å². The Balaban J connectivity index is 1.50. The van der Waals surface area contributed by atoms with E-state index in [1.807, 2.05) is 49.4 Å². The van der Waals surface area contributed by atoms with Crippen molar-refractivity contribution in [2.75, 3.05) is 5.32 Å². The van der Waals surface area contributed by atoms with E-state index in [0.29, 0.717) is 6.54 Å². The van der Waals surface area contributed by atoms with E-state index >= 15 is 0 Å². The summed E-state index contributed by atoms with van der Waals surface area (Å²) < 4.78 is 1.71. The maximum Gasteiger partial charge on any atom is 0.178 e. The fourth-order valence-corrected chi connectivity index (χ4v) is 2.96. The summed E-state index contributed by atoms with van der Waals surface area (Å²) in [7, 11) is 0. The van der Waals surface area contributed by atoms with Crippen molar-refractivity contribution in [3.63, 3.8) is 0 Å². The molecule has 1 aromatic carbocycles. The molecule has 114 valence electrons. The summed E-state index contributed by atoms with van der Waals surface area (Å²) in [5.41, 5.74) is 1.81. The summed E-state index contributed by atoms with van der Waals surface area (Å²) in [4.78, 5) is 0. The van der Waals surface area contributed by atoms with Crippen LogP contribution in [0.5, 0.6) is 0 Å². The molecule has 3 heterocycles. The molecule has 0 saturated carbocycles. The molecule has 0 amide bonds. The molecule has 0 radical (unpaired) electrons. The average molecular weight is 323 g/mol. The van der Waals surface area contributed by atoms with Crippen LogP contribution in [0.3, 0.4) is 0 Å². The summed E-state index contributed by atoms with van der Waals surface area (Å²) >= 11 is 1.57. The molecule has 0 aliphatic rings. The number of rotatable bonds is 4. The van der Waals surface area contributed by atoms with Crippen LogP contribution < -0.4 is 5.32 Å². The molecule has 0 bridgehead atoms. The number of fused-ring (bicyclic) bond motifs is 1. The lowest BCUT2D eigenvalue weighted by Gasteiger charge is -2.03. The van der Waals surface area contributed by atoms with Crippen molar-refractivity contribution >= 4 is 22.8 Å². The Hall–Kier alpha value is -2.87. The Labute approximate surface area is 136 Å². The molecule has 0 saturated heterocycles. The van der Waals surface area contributed by atoms with E-state index in [2.05, 4.69) is 30.8 Å². The third-order valence-corrected chi connectivity index (χ3v) is 4.30. The number of benzene rings is 1. The van der Waals surface area contributed by atoms with Gasteiger partial charge in [0.15, 0.2) is 11.5 Å². The zero-order valence-electron chi connectivity index (χ0n) is 12.3. The molecule has 0 unspecified atom stereocenters. The quantitative estimate of drug-likeness (QED) is 0.621. The SMILES string of the molecule is Cc1nnc2ccc(NCc3nnc(-c4ccccc4)s3)nn12. The molecular weight excluding hydrogens is 310 g/mol. The molecule has 1 N–H and O–H groups in total. The lowest BCUT2D eigenvalue weighted by Crippen LogP contribution is -2.04. The predicted molar refractivity (Wildman–Crippen MR) is 88.2 cm³/mol. The van der Waals surface area contributed by atoms with Gasteiger partial charge in [-0.15, -0.1) is 25.5 Å². The second-order valence-electron chi connectivity index (χ2n) is 4.96. The molecule has 4 aromatic rings. The maximum absolute atomic E-state index is 4.45. The smallest absolute Gasteiger partial charge is 0.178 e. The number of anilines is 1. The molecule has 0 spiro atoms. The van der Waals surface area contributed by atoms with Gasteiger partial charge in [-0.25, -0.2) is 0 Å². The zero-order valence-corrected chi connectivity index (χ0v) is 13.2. The van der Waals surface area contributed by atoms with E-state index in [9.17, 15) is 0 Å². The lowest BCUT2D eigenvalue weighted by atomic mass is 10.2. The summed E-state index contributed by atoms with van der Waals surface area (Å²) in [5.74, 6) is 1.50. The number of nitrogens with zero attached hydrogens (tertiary/aromatic N) is 6. The molecule has 4 rings (SSSR count). The molecule has 23 heavy (non-hydrogen) atoms. The van der Waals surface area contributed by atoms with Crippen molar-refractivity contribution in [3.05, 3.63) is 53.3 Å². The van der Waals surface area contributed by atoms with E-state index in [4.69, 9.17) is 0 Å². The summed E-state index contributed by atoms with van der Waals surface area (Å²) in [5, 5.41) is 26.0. The van der Waals surface area contributed by atoms with Crippen LogP contribution in [0.15, 0.2) is 42.5 Å². The van der Waals surface area contributed by atoms with E-state index in [0.717, 1.165) is 32.9 Å². The first-order chi connectivity index (χ1) is 11.3. The molecule has 0 fully saturated rings. The van der Waals surface area contributed by atoms with Crippen molar-refractivity contribution in [1.29, 1.82) is 0 Å². The Morgan fingerprint density at radius 2 is 1.87 bits per heavy atom. The highest BCUT2D eigenvalue weighted by Crippen LogP contribution is 2.23. The summed E-state index contributed by atoms with van der Waals surface area (Å²) in [6.07, 6.45) is 0. The Morgan fingerprint density at radius 1 is 1.00 bits per heavy atom. The third-order valence-electron chi connectivity index (χ3n) is 3.33. The van der Waals surface area contributed by atoms with Gasteiger partial charge < -0.3 is 5.32 Å². The number of nitrogens with one attached hydrogen (secondary N) is 1. The minimum atomic E-state index is 0.574. The molecule has 3 aromatic heterocycles. The van der Waals surface area contributed by atoms with Crippen molar-refractivity contribution in [2.45, 2.75) is 13.5 Å². The molecule has 7 nitrogen and oxygen atoms in total. The van der Waals surface area contributed by atoms with Gasteiger partial charge in [0.2, 0.25) is 0 Å². The van der Waals surface area contributed by atoms with E-state index in [-0.39, 0.29) is 0 Å². The highest BCUT2D eigenvalue weighted by atomic mass is 32.1. The second-order valence-corrected chi connectivity index (χ2v) is 6.02. The fraction of sp³-hybridized carbons (Fsp3) is 0.133. The van der Waals surface area contributed by atoms with Gasteiger partial charge >= 0.3 is 0 Å². The van der Waals surface area contributed by atoms with Gasteiger partial charge in [-0.05, 0) is 19.1 Å². The van der Waals surface area contributed by atoms with Crippen LogP contribution in [0, 0.1) is 6.92 Å². The lowest BCUT2D eigenvalue weighted by molar-refractivity contribution is 0.868. The van der Waals surface area contributed by atoms with Gasteiger partial charge in [0.05, 0.1) is 6.54 Å². The molecule has 0 aliphatic heterocycles. The largest absolute Gasteiger partial charge is 0.362 e. The minimum Gasteiger partial charge on any atom is -0.362 e. The predicted octanol–water partition coefficient (Wildman–Crippen LogP) is 2.56. The van der Waals surface area contributed by atoms with E-state index in [1.54, 1.807) is 15.9 Å². The summed E-state index contributed by atoms with van der Waals surface area (Å²) in [6, 6.07) is 13.8. The number of hydrogen-bond donors (Lipinski definition) is 1. The first kappa shape index (κ1) is 13.8. The zero-order chi connectivity index (χ0) is 15.6. The van der Waals surface area contributed by atoms with Crippen LogP contribution in [0.1, 0.15) is 10.8 Å². The van der Waals surface area contributed by atoms with E-state index < -0.39 is 0 Å². The van der Waals surface area contributed by atoms with Gasteiger partial charge in [-0.1, -0.05) is 41.7 Å². The maximum atomic E-state index is 4.45. The first-order valence-electron chi connectivity index (χ1n) is 7.10. The number of aryl methyl sites for hydroxylation is 1. The molecule has 0 atom stereocenters. The van der Waals surface area contributed by atoms with Crippen LogP contribution in [-0.4, -0.2) is 30.0 Å². The van der Waals surface area contributed by atoms with Crippen molar-refractivity contribution in [2.24, 2.45) is 0 Å². The van der Waals surface area contributed by atoms with Crippen LogP contribution in [0.25, 0.3) is 16.2 Å². The van der Waals surface area contributed by atoms with Crippen LogP contribution in [0.2, 0.25) is 0 Å². The topological polar surface area (TPSA) is 80.9 Å². The Bertz CT molecular complexity index is 945. The van der Waals surface area contributed by atoms with Gasteiger partial charge in [0, 0.05) is 5.56 Å². The van der Waals surface area contributed by atoms with Crippen molar-refractivity contribution in [3.8, 4) is 10.6 Å². The first-order valence-corrected chi connectivity index (χ1v) is 7.92. The third kappa shape index (κ3) is 2.76. The minimum absolute atomic E-state index is 0.574. The monoisotopic (exact) mass is 323 g/mol. The van der Waals surface area contributed by atoms with Gasteiger partial charge in [0.1, 0.15) is 15.8 Å². The van der Waals surface area contributed by atoms with Crippen LogP contribution in [0.4, 0.5) is 5.82 Å².